The molecule has 0 saturated heterocycles. The Morgan fingerprint density at radius 2 is 2.05 bits per heavy atom. The average molecular weight is 257 g/mol. The fourth-order valence-electron chi connectivity index (χ4n) is 1.77. The Morgan fingerprint density at radius 3 is 2.68 bits per heavy atom. The van der Waals surface area contributed by atoms with Gasteiger partial charge in [0.25, 0.3) is 0 Å². The van der Waals surface area contributed by atoms with E-state index in [2.05, 4.69) is 9.97 Å². The van der Waals surface area contributed by atoms with Crippen molar-refractivity contribution < 1.29 is 4.74 Å². The van der Waals surface area contributed by atoms with Gasteiger partial charge in [-0.15, -0.1) is 0 Å². The van der Waals surface area contributed by atoms with Crippen LogP contribution in [-0.4, -0.2) is 22.6 Å². The minimum Gasteiger partial charge on any atom is -0.492 e. The van der Waals surface area contributed by atoms with Crippen LogP contribution < -0.4 is 10.5 Å². The van der Waals surface area contributed by atoms with Crippen molar-refractivity contribution in [2.75, 3.05) is 6.61 Å². The summed E-state index contributed by atoms with van der Waals surface area (Å²) in [6, 6.07) is 9.90. The van der Waals surface area contributed by atoms with Crippen LogP contribution in [-0.2, 0) is 12.8 Å². The zero-order valence-electron chi connectivity index (χ0n) is 11.1. The molecule has 0 spiro atoms. The highest BCUT2D eigenvalue weighted by Crippen LogP contribution is 2.10. The monoisotopic (exact) mass is 257 g/mol. The second-order valence-corrected chi connectivity index (χ2v) is 4.59. The van der Waals surface area contributed by atoms with Crippen molar-refractivity contribution in [2.45, 2.75) is 25.8 Å². The van der Waals surface area contributed by atoms with E-state index in [1.165, 1.54) is 0 Å². The van der Waals surface area contributed by atoms with Crippen LogP contribution in [0.3, 0.4) is 0 Å². The molecule has 0 aromatic carbocycles. The zero-order valence-corrected chi connectivity index (χ0v) is 11.1. The van der Waals surface area contributed by atoms with Crippen molar-refractivity contribution in [3.63, 3.8) is 0 Å². The highest BCUT2D eigenvalue weighted by Gasteiger charge is 2.01. The van der Waals surface area contributed by atoms with E-state index in [0.717, 1.165) is 30.0 Å². The topological polar surface area (TPSA) is 61.0 Å². The molecule has 1 atom stereocenters. The zero-order chi connectivity index (χ0) is 13.5. The molecule has 0 aliphatic heterocycles. The molecular formula is C15H19N3O. The van der Waals surface area contributed by atoms with Gasteiger partial charge >= 0.3 is 0 Å². The molecule has 100 valence electrons. The number of pyridine rings is 2. The SMILES string of the molecule is CC(N)Cc1ccc(OCCc2ccccn2)cn1. The Kier molecular flexibility index (Phi) is 4.86. The summed E-state index contributed by atoms with van der Waals surface area (Å²) in [6.07, 6.45) is 5.12. The largest absolute Gasteiger partial charge is 0.492 e. The second kappa shape index (κ2) is 6.85. The first-order valence-electron chi connectivity index (χ1n) is 6.47. The molecule has 0 bridgehead atoms. The first-order valence-corrected chi connectivity index (χ1v) is 6.47. The molecule has 0 radical (unpaired) electrons. The maximum Gasteiger partial charge on any atom is 0.137 e. The van der Waals surface area contributed by atoms with Crippen molar-refractivity contribution in [3.8, 4) is 5.75 Å². The normalized spacial score (nSPS) is 12.1. The molecule has 0 amide bonds. The lowest BCUT2D eigenvalue weighted by atomic mass is 10.2. The predicted octanol–water partition coefficient (Wildman–Crippen LogP) is 1.99. The quantitative estimate of drug-likeness (QED) is 0.859. The van der Waals surface area contributed by atoms with Gasteiger partial charge in [0, 0.05) is 36.5 Å². The van der Waals surface area contributed by atoms with Crippen LogP contribution in [0.15, 0.2) is 42.7 Å². The van der Waals surface area contributed by atoms with Crippen LogP contribution >= 0.6 is 0 Å². The second-order valence-electron chi connectivity index (χ2n) is 4.59. The average Bonchev–Trinajstić information content (AvgIpc) is 2.41. The van der Waals surface area contributed by atoms with E-state index in [-0.39, 0.29) is 6.04 Å². The molecule has 2 N–H and O–H groups in total. The molecule has 0 saturated carbocycles. The summed E-state index contributed by atoms with van der Waals surface area (Å²) >= 11 is 0. The van der Waals surface area contributed by atoms with Crippen LogP contribution in [0.25, 0.3) is 0 Å². The third-order valence-corrected chi connectivity index (χ3v) is 2.68. The highest BCUT2D eigenvalue weighted by atomic mass is 16.5. The van der Waals surface area contributed by atoms with Crippen LogP contribution in [0.1, 0.15) is 18.3 Å². The minimum atomic E-state index is 0.128. The van der Waals surface area contributed by atoms with E-state index < -0.39 is 0 Å². The van der Waals surface area contributed by atoms with Gasteiger partial charge in [0.1, 0.15) is 5.75 Å². The summed E-state index contributed by atoms with van der Waals surface area (Å²) in [6.45, 7) is 2.57. The smallest absolute Gasteiger partial charge is 0.137 e. The van der Waals surface area contributed by atoms with Gasteiger partial charge in [-0.1, -0.05) is 6.07 Å². The van der Waals surface area contributed by atoms with Crippen molar-refractivity contribution in [3.05, 3.63) is 54.1 Å². The van der Waals surface area contributed by atoms with Gasteiger partial charge in [-0.05, 0) is 31.2 Å². The third kappa shape index (κ3) is 4.67. The minimum absolute atomic E-state index is 0.128. The number of rotatable bonds is 6. The molecule has 4 heteroatoms. The van der Waals surface area contributed by atoms with E-state index in [0.29, 0.717) is 6.61 Å². The summed E-state index contributed by atoms with van der Waals surface area (Å²) < 4.78 is 5.64. The summed E-state index contributed by atoms with van der Waals surface area (Å²) in [5.74, 6) is 0.782. The maximum absolute atomic E-state index is 5.73. The molecular weight excluding hydrogens is 238 g/mol. The summed E-state index contributed by atoms with van der Waals surface area (Å²) in [7, 11) is 0. The van der Waals surface area contributed by atoms with Gasteiger partial charge in [-0.25, -0.2) is 0 Å². The van der Waals surface area contributed by atoms with Crippen LogP contribution in [0, 0.1) is 0 Å². The van der Waals surface area contributed by atoms with E-state index in [9.17, 15) is 0 Å². The molecule has 2 heterocycles. The van der Waals surface area contributed by atoms with Crippen LogP contribution in [0.2, 0.25) is 0 Å². The number of nitrogens with two attached hydrogens (primary N) is 1. The number of aromatic nitrogens is 2. The molecule has 0 aliphatic carbocycles. The number of hydrogen-bond donors (Lipinski definition) is 1. The van der Waals surface area contributed by atoms with E-state index >= 15 is 0 Å². The van der Waals surface area contributed by atoms with E-state index in [1.54, 1.807) is 12.4 Å². The fourth-order valence-corrected chi connectivity index (χ4v) is 1.77. The molecule has 1 unspecified atom stereocenters. The van der Waals surface area contributed by atoms with Gasteiger partial charge in [0.15, 0.2) is 0 Å². The standard InChI is InChI=1S/C15H19N3O/c1-12(16)10-14-5-6-15(11-18-14)19-9-7-13-4-2-3-8-17-13/h2-6,8,11-12H,7,9-10,16H2,1H3. The number of ether oxygens (including phenoxy) is 1. The first kappa shape index (κ1) is 13.5. The molecule has 19 heavy (non-hydrogen) atoms. The first-order chi connectivity index (χ1) is 9.24. The number of nitrogens with zero attached hydrogens (tertiary/aromatic N) is 2. The van der Waals surface area contributed by atoms with Crippen molar-refractivity contribution >= 4 is 0 Å². The molecule has 2 rings (SSSR count). The van der Waals surface area contributed by atoms with Crippen molar-refractivity contribution in [1.82, 2.24) is 9.97 Å². The van der Waals surface area contributed by atoms with Gasteiger partial charge in [-0.3, -0.25) is 9.97 Å². The van der Waals surface area contributed by atoms with E-state index in [1.807, 2.05) is 37.3 Å². The molecule has 2 aromatic heterocycles. The maximum atomic E-state index is 5.73. The Labute approximate surface area is 113 Å². The summed E-state index contributed by atoms with van der Waals surface area (Å²) in [5.41, 5.74) is 7.75. The summed E-state index contributed by atoms with van der Waals surface area (Å²) in [5, 5.41) is 0. The lowest BCUT2D eigenvalue weighted by molar-refractivity contribution is 0.319. The number of hydrogen-bond acceptors (Lipinski definition) is 4. The Hall–Kier alpha value is -1.94. The van der Waals surface area contributed by atoms with Gasteiger partial charge in [0.05, 0.1) is 12.8 Å². The van der Waals surface area contributed by atoms with Crippen LogP contribution in [0.5, 0.6) is 5.75 Å². The van der Waals surface area contributed by atoms with Gasteiger partial charge < -0.3 is 10.5 Å². The Bertz CT molecular complexity index is 483. The molecule has 2 aromatic rings. The fraction of sp³-hybridized carbons (Fsp3) is 0.333. The van der Waals surface area contributed by atoms with Crippen LogP contribution in [0.4, 0.5) is 0 Å². The lowest BCUT2D eigenvalue weighted by Gasteiger charge is -2.07. The Morgan fingerprint density at radius 1 is 1.16 bits per heavy atom. The lowest BCUT2D eigenvalue weighted by Crippen LogP contribution is -2.18. The summed E-state index contributed by atoms with van der Waals surface area (Å²) in [4.78, 5) is 8.57. The third-order valence-electron chi connectivity index (χ3n) is 2.68. The molecule has 0 aliphatic rings. The highest BCUT2D eigenvalue weighted by molar-refractivity contribution is 5.20. The van der Waals surface area contributed by atoms with Crippen molar-refractivity contribution in [1.29, 1.82) is 0 Å². The van der Waals surface area contributed by atoms with Crippen molar-refractivity contribution in [2.24, 2.45) is 5.73 Å². The van der Waals surface area contributed by atoms with Gasteiger partial charge in [-0.2, -0.15) is 0 Å². The molecule has 4 nitrogen and oxygen atoms in total. The Balaban J connectivity index is 1.80. The van der Waals surface area contributed by atoms with Gasteiger partial charge in [0.2, 0.25) is 0 Å². The van der Waals surface area contributed by atoms with E-state index in [4.69, 9.17) is 10.5 Å². The molecule has 0 fully saturated rings. The predicted molar refractivity (Wildman–Crippen MR) is 75.0 cm³/mol.